The van der Waals surface area contributed by atoms with Gasteiger partial charge in [0.25, 0.3) is 5.91 Å². The number of rotatable bonds is 6. The van der Waals surface area contributed by atoms with Crippen LogP contribution in [0.25, 0.3) is 0 Å². The molecule has 1 amide bonds. The van der Waals surface area contributed by atoms with Crippen molar-refractivity contribution in [3.8, 4) is 0 Å². The molecule has 22 heavy (non-hydrogen) atoms. The van der Waals surface area contributed by atoms with E-state index in [-0.39, 0.29) is 18.2 Å². The molecule has 2 aromatic rings. The van der Waals surface area contributed by atoms with E-state index in [0.29, 0.717) is 16.6 Å². The van der Waals surface area contributed by atoms with Crippen molar-refractivity contribution in [2.75, 3.05) is 0 Å². The molecule has 5 nitrogen and oxygen atoms in total. The van der Waals surface area contributed by atoms with Crippen molar-refractivity contribution in [2.45, 2.75) is 30.5 Å². The molecule has 0 saturated carbocycles. The molecule has 0 spiro atoms. The van der Waals surface area contributed by atoms with Crippen molar-refractivity contribution in [2.24, 2.45) is 0 Å². The van der Waals surface area contributed by atoms with E-state index >= 15 is 0 Å². The highest BCUT2D eigenvalue weighted by molar-refractivity contribution is 8.00. The minimum atomic E-state index is -1.13. The van der Waals surface area contributed by atoms with E-state index < -0.39 is 5.97 Å². The van der Waals surface area contributed by atoms with E-state index in [1.807, 2.05) is 18.2 Å². The lowest BCUT2D eigenvalue weighted by Crippen LogP contribution is -2.23. The molecule has 0 unspecified atom stereocenters. The minimum Gasteiger partial charge on any atom is -0.475 e. The lowest BCUT2D eigenvalue weighted by molar-refractivity contribution is 0.0660. The molecule has 0 aliphatic carbocycles. The summed E-state index contributed by atoms with van der Waals surface area (Å²) >= 11 is 1.62. The number of hydrogen-bond donors (Lipinski definition) is 2. The molecular formula is C16H17NO4S. The van der Waals surface area contributed by atoms with Gasteiger partial charge in [-0.15, -0.1) is 11.8 Å². The average Bonchev–Trinajstić information content (AvgIpc) is 2.94. The Kier molecular flexibility index (Phi) is 5.27. The second kappa shape index (κ2) is 7.17. The Balaban J connectivity index is 2.04. The summed E-state index contributed by atoms with van der Waals surface area (Å²) in [4.78, 5) is 23.9. The van der Waals surface area contributed by atoms with Gasteiger partial charge in [-0.1, -0.05) is 26.0 Å². The van der Waals surface area contributed by atoms with Gasteiger partial charge in [0, 0.05) is 10.1 Å². The molecule has 0 bridgehead atoms. The number of furan rings is 1. The maximum absolute atomic E-state index is 12.3. The molecule has 1 aromatic heterocycles. The second-order valence-electron chi connectivity index (χ2n) is 4.92. The van der Waals surface area contributed by atoms with E-state index in [2.05, 4.69) is 19.2 Å². The van der Waals surface area contributed by atoms with Crippen LogP contribution in [0.1, 0.15) is 40.5 Å². The fraction of sp³-hybridized carbons (Fsp3) is 0.250. The number of carbonyl (C=O) groups is 2. The van der Waals surface area contributed by atoms with E-state index in [1.54, 1.807) is 23.9 Å². The normalized spacial score (nSPS) is 10.7. The van der Waals surface area contributed by atoms with Gasteiger partial charge in [-0.2, -0.15) is 0 Å². The maximum atomic E-state index is 12.3. The molecule has 0 aliphatic heterocycles. The Bertz CT molecular complexity index is 678. The van der Waals surface area contributed by atoms with Crippen molar-refractivity contribution in [1.29, 1.82) is 0 Å². The van der Waals surface area contributed by atoms with Gasteiger partial charge in [-0.05, 0) is 24.3 Å². The lowest BCUT2D eigenvalue weighted by Gasteiger charge is -2.10. The zero-order valence-electron chi connectivity index (χ0n) is 12.3. The van der Waals surface area contributed by atoms with E-state index in [0.717, 1.165) is 4.90 Å². The van der Waals surface area contributed by atoms with E-state index in [4.69, 9.17) is 9.52 Å². The lowest BCUT2D eigenvalue weighted by atomic mass is 10.2. The number of hydrogen-bond acceptors (Lipinski definition) is 4. The Morgan fingerprint density at radius 2 is 1.95 bits per heavy atom. The molecule has 1 aromatic carbocycles. The number of carboxylic acid groups (broad SMARTS) is 1. The van der Waals surface area contributed by atoms with Crippen LogP contribution in [0.2, 0.25) is 0 Å². The Hall–Kier alpha value is -2.21. The third kappa shape index (κ3) is 4.14. The smallest absolute Gasteiger partial charge is 0.371 e. The van der Waals surface area contributed by atoms with Crippen LogP contribution in [0.3, 0.4) is 0 Å². The van der Waals surface area contributed by atoms with E-state index in [1.165, 1.54) is 6.07 Å². The molecule has 116 valence electrons. The summed E-state index contributed by atoms with van der Waals surface area (Å²) in [5.41, 5.74) is 0.603. The monoisotopic (exact) mass is 319 g/mol. The molecule has 1 heterocycles. The van der Waals surface area contributed by atoms with Crippen molar-refractivity contribution in [3.05, 3.63) is 53.5 Å². The van der Waals surface area contributed by atoms with Crippen LogP contribution >= 0.6 is 11.8 Å². The van der Waals surface area contributed by atoms with Crippen LogP contribution in [-0.4, -0.2) is 22.2 Å². The number of aromatic carboxylic acids is 1. The summed E-state index contributed by atoms with van der Waals surface area (Å²) in [6.07, 6.45) is 0. The summed E-state index contributed by atoms with van der Waals surface area (Å²) in [6, 6.07) is 10.3. The van der Waals surface area contributed by atoms with Gasteiger partial charge < -0.3 is 14.8 Å². The van der Waals surface area contributed by atoms with Gasteiger partial charge in [0.2, 0.25) is 5.76 Å². The first kappa shape index (κ1) is 16.2. The highest BCUT2D eigenvalue weighted by Crippen LogP contribution is 2.26. The number of nitrogens with one attached hydrogen (secondary N) is 1. The summed E-state index contributed by atoms with van der Waals surface area (Å²) < 4.78 is 5.11. The highest BCUT2D eigenvalue weighted by Gasteiger charge is 2.14. The number of amides is 1. The fourth-order valence-electron chi connectivity index (χ4n) is 1.86. The quantitative estimate of drug-likeness (QED) is 0.798. The van der Waals surface area contributed by atoms with Crippen molar-refractivity contribution < 1.29 is 19.1 Å². The van der Waals surface area contributed by atoms with E-state index in [9.17, 15) is 9.59 Å². The molecule has 0 fully saturated rings. The largest absolute Gasteiger partial charge is 0.475 e. The molecular weight excluding hydrogens is 302 g/mol. The Labute approximate surface area is 132 Å². The zero-order chi connectivity index (χ0) is 16.1. The Morgan fingerprint density at radius 1 is 1.23 bits per heavy atom. The van der Waals surface area contributed by atoms with Gasteiger partial charge in [0.1, 0.15) is 5.76 Å². The summed E-state index contributed by atoms with van der Waals surface area (Å²) in [6.45, 7) is 4.28. The number of thioether (sulfide) groups is 1. The van der Waals surface area contributed by atoms with Crippen LogP contribution < -0.4 is 5.32 Å². The molecule has 0 radical (unpaired) electrons. The third-order valence-corrected chi connectivity index (χ3v) is 3.87. The zero-order valence-corrected chi connectivity index (χ0v) is 13.1. The average molecular weight is 319 g/mol. The number of benzene rings is 1. The van der Waals surface area contributed by atoms with Crippen molar-refractivity contribution in [3.63, 3.8) is 0 Å². The van der Waals surface area contributed by atoms with Gasteiger partial charge in [-0.25, -0.2) is 4.79 Å². The van der Waals surface area contributed by atoms with Gasteiger partial charge >= 0.3 is 5.97 Å². The summed E-state index contributed by atoms with van der Waals surface area (Å²) in [7, 11) is 0. The van der Waals surface area contributed by atoms with Gasteiger partial charge in [0.05, 0.1) is 12.1 Å². The molecule has 2 rings (SSSR count). The summed E-state index contributed by atoms with van der Waals surface area (Å²) in [5.74, 6) is -1.08. The first-order chi connectivity index (χ1) is 10.5. The molecule has 0 atom stereocenters. The highest BCUT2D eigenvalue weighted by atomic mass is 32.2. The fourth-order valence-corrected chi connectivity index (χ4v) is 2.81. The predicted octanol–water partition coefficient (Wildman–Crippen LogP) is 3.41. The third-order valence-electron chi connectivity index (χ3n) is 2.79. The number of carboxylic acids is 1. The van der Waals surface area contributed by atoms with Gasteiger partial charge in [0.15, 0.2) is 0 Å². The minimum absolute atomic E-state index is 0.139. The first-order valence-corrected chi connectivity index (χ1v) is 7.71. The molecule has 0 saturated heterocycles. The maximum Gasteiger partial charge on any atom is 0.371 e. The second-order valence-corrected chi connectivity index (χ2v) is 6.53. The van der Waals surface area contributed by atoms with Crippen LogP contribution in [-0.2, 0) is 6.54 Å². The molecule has 6 heteroatoms. The van der Waals surface area contributed by atoms with Crippen molar-refractivity contribution in [1.82, 2.24) is 5.32 Å². The van der Waals surface area contributed by atoms with Crippen LogP contribution in [0.15, 0.2) is 45.7 Å². The number of carbonyl (C=O) groups excluding carboxylic acids is 1. The van der Waals surface area contributed by atoms with Crippen LogP contribution in [0.5, 0.6) is 0 Å². The SMILES string of the molecule is CC(C)Sc1ccccc1C(=O)NCc1ccc(C(=O)O)o1. The summed E-state index contributed by atoms with van der Waals surface area (Å²) in [5, 5.41) is 11.9. The van der Waals surface area contributed by atoms with Crippen molar-refractivity contribution >= 4 is 23.6 Å². The topological polar surface area (TPSA) is 79.5 Å². The first-order valence-electron chi connectivity index (χ1n) is 6.83. The van der Waals surface area contributed by atoms with Gasteiger partial charge in [-0.3, -0.25) is 4.79 Å². The standard InChI is InChI=1S/C16H17NO4S/c1-10(2)22-14-6-4-3-5-12(14)15(18)17-9-11-7-8-13(21-11)16(19)20/h3-8,10H,9H2,1-2H3,(H,17,18)(H,19,20). The van der Waals surface area contributed by atoms with Crippen LogP contribution in [0.4, 0.5) is 0 Å². The van der Waals surface area contributed by atoms with Crippen LogP contribution in [0, 0.1) is 0 Å². The molecule has 0 aliphatic rings. The predicted molar refractivity (Wildman–Crippen MR) is 84.3 cm³/mol. The Morgan fingerprint density at radius 3 is 2.59 bits per heavy atom. The molecule has 2 N–H and O–H groups in total.